The van der Waals surface area contributed by atoms with E-state index in [9.17, 15) is 9.59 Å². The third kappa shape index (κ3) is 2.33. The lowest BCUT2D eigenvalue weighted by Gasteiger charge is -2.35. The molecular formula is C13H16N2O4. The maximum Gasteiger partial charge on any atom is 0.339 e. The summed E-state index contributed by atoms with van der Waals surface area (Å²) >= 11 is 0. The molecular weight excluding hydrogens is 248 g/mol. The SMILES string of the molecule is CNC(=O)C(C)N1CCOc2c(C(=O)O)cccc21. The number of para-hydroxylation sites is 1. The number of carboxylic acid groups (broad SMARTS) is 1. The largest absolute Gasteiger partial charge is 0.489 e. The zero-order valence-corrected chi connectivity index (χ0v) is 10.8. The first-order valence-electron chi connectivity index (χ1n) is 6.03. The minimum Gasteiger partial charge on any atom is -0.489 e. The Morgan fingerprint density at radius 3 is 2.84 bits per heavy atom. The van der Waals surface area contributed by atoms with E-state index in [2.05, 4.69) is 5.32 Å². The molecule has 6 nitrogen and oxygen atoms in total. The van der Waals surface area contributed by atoms with E-state index in [-0.39, 0.29) is 17.5 Å². The number of aromatic carboxylic acids is 1. The predicted octanol–water partition coefficient (Wildman–Crippen LogP) is 0.718. The molecule has 6 heteroatoms. The zero-order valence-electron chi connectivity index (χ0n) is 10.8. The molecule has 1 aromatic rings. The monoisotopic (exact) mass is 264 g/mol. The van der Waals surface area contributed by atoms with Gasteiger partial charge in [-0.2, -0.15) is 0 Å². The molecule has 2 rings (SSSR count). The van der Waals surface area contributed by atoms with Gasteiger partial charge in [-0.25, -0.2) is 4.79 Å². The number of carboxylic acids is 1. The van der Waals surface area contributed by atoms with E-state index in [4.69, 9.17) is 9.84 Å². The molecule has 1 aliphatic heterocycles. The fourth-order valence-corrected chi connectivity index (χ4v) is 2.19. The number of carbonyl (C=O) groups is 2. The second-order valence-corrected chi connectivity index (χ2v) is 4.29. The van der Waals surface area contributed by atoms with Gasteiger partial charge >= 0.3 is 5.97 Å². The average molecular weight is 264 g/mol. The van der Waals surface area contributed by atoms with E-state index >= 15 is 0 Å². The van der Waals surface area contributed by atoms with Crippen molar-refractivity contribution < 1.29 is 19.4 Å². The van der Waals surface area contributed by atoms with Gasteiger partial charge in [0.2, 0.25) is 5.91 Å². The molecule has 1 unspecified atom stereocenters. The van der Waals surface area contributed by atoms with Crippen molar-refractivity contribution >= 4 is 17.6 Å². The van der Waals surface area contributed by atoms with Gasteiger partial charge in [0.05, 0.1) is 12.2 Å². The number of fused-ring (bicyclic) bond motifs is 1. The van der Waals surface area contributed by atoms with Gasteiger partial charge in [0, 0.05) is 7.05 Å². The van der Waals surface area contributed by atoms with Crippen LogP contribution in [0.2, 0.25) is 0 Å². The fourth-order valence-electron chi connectivity index (χ4n) is 2.19. The van der Waals surface area contributed by atoms with Crippen LogP contribution in [0.5, 0.6) is 5.75 Å². The number of rotatable bonds is 3. The molecule has 0 aromatic heterocycles. The maximum atomic E-state index is 11.7. The second-order valence-electron chi connectivity index (χ2n) is 4.29. The molecule has 1 amide bonds. The van der Waals surface area contributed by atoms with Gasteiger partial charge in [0.15, 0.2) is 5.75 Å². The van der Waals surface area contributed by atoms with Crippen molar-refractivity contribution in [3.8, 4) is 5.75 Å². The van der Waals surface area contributed by atoms with Crippen LogP contribution in [-0.4, -0.2) is 43.2 Å². The molecule has 1 aliphatic rings. The van der Waals surface area contributed by atoms with Gasteiger partial charge in [0.25, 0.3) is 0 Å². The van der Waals surface area contributed by atoms with Crippen molar-refractivity contribution in [1.29, 1.82) is 0 Å². The van der Waals surface area contributed by atoms with Crippen LogP contribution in [0.25, 0.3) is 0 Å². The highest BCUT2D eigenvalue weighted by molar-refractivity contribution is 5.94. The number of carbonyl (C=O) groups excluding carboxylic acids is 1. The van der Waals surface area contributed by atoms with Crippen molar-refractivity contribution in [3.63, 3.8) is 0 Å². The Balaban J connectivity index is 2.42. The number of hydrogen-bond donors (Lipinski definition) is 2. The number of amides is 1. The van der Waals surface area contributed by atoms with Crippen molar-refractivity contribution in [2.75, 3.05) is 25.1 Å². The quantitative estimate of drug-likeness (QED) is 0.841. The molecule has 0 saturated heterocycles. The van der Waals surface area contributed by atoms with Gasteiger partial charge in [-0.05, 0) is 19.1 Å². The van der Waals surface area contributed by atoms with Crippen LogP contribution in [0.1, 0.15) is 17.3 Å². The summed E-state index contributed by atoms with van der Waals surface area (Å²) in [4.78, 5) is 24.7. The molecule has 1 heterocycles. The Bertz CT molecular complexity index is 515. The smallest absolute Gasteiger partial charge is 0.339 e. The van der Waals surface area contributed by atoms with E-state index < -0.39 is 5.97 Å². The minimum atomic E-state index is -1.04. The summed E-state index contributed by atoms with van der Waals surface area (Å²) in [5, 5.41) is 11.7. The number of benzene rings is 1. The van der Waals surface area contributed by atoms with Crippen LogP contribution in [0.4, 0.5) is 5.69 Å². The Hall–Kier alpha value is -2.24. The normalized spacial score (nSPS) is 15.2. The van der Waals surface area contributed by atoms with E-state index in [0.717, 1.165) is 0 Å². The number of nitrogens with one attached hydrogen (secondary N) is 1. The zero-order chi connectivity index (χ0) is 14.0. The summed E-state index contributed by atoms with van der Waals surface area (Å²) in [6.07, 6.45) is 0. The molecule has 1 atom stereocenters. The highest BCUT2D eigenvalue weighted by Crippen LogP contribution is 2.35. The standard InChI is InChI=1S/C13H16N2O4/c1-8(12(16)14-2)15-6-7-19-11-9(13(17)18)4-3-5-10(11)15/h3-5,8H,6-7H2,1-2H3,(H,14,16)(H,17,18). The Morgan fingerprint density at radius 2 is 2.21 bits per heavy atom. The topological polar surface area (TPSA) is 78.9 Å². The third-order valence-corrected chi connectivity index (χ3v) is 3.21. The first kappa shape index (κ1) is 13.2. The molecule has 0 aliphatic carbocycles. The highest BCUT2D eigenvalue weighted by atomic mass is 16.5. The van der Waals surface area contributed by atoms with Crippen LogP contribution in [-0.2, 0) is 4.79 Å². The summed E-state index contributed by atoms with van der Waals surface area (Å²) in [5.41, 5.74) is 0.758. The molecule has 0 fully saturated rings. The molecule has 0 radical (unpaired) electrons. The molecule has 0 saturated carbocycles. The first-order valence-corrected chi connectivity index (χ1v) is 6.03. The summed E-state index contributed by atoms with van der Waals surface area (Å²) in [6, 6.07) is 4.53. The average Bonchev–Trinajstić information content (AvgIpc) is 2.44. The Labute approximate surface area is 111 Å². The molecule has 1 aromatic carbocycles. The van der Waals surface area contributed by atoms with E-state index in [1.807, 2.05) is 4.90 Å². The van der Waals surface area contributed by atoms with Crippen LogP contribution >= 0.6 is 0 Å². The lowest BCUT2D eigenvalue weighted by molar-refractivity contribution is -0.121. The molecule has 2 N–H and O–H groups in total. The van der Waals surface area contributed by atoms with Gasteiger partial charge in [-0.3, -0.25) is 4.79 Å². The second kappa shape index (κ2) is 5.17. The lowest BCUT2D eigenvalue weighted by Crippen LogP contribution is -2.47. The number of anilines is 1. The van der Waals surface area contributed by atoms with Crippen LogP contribution in [0.3, 0.4) is 0 Å². The fraction of sp³-hybridized carbons (Fsp3) is 0.385. The van der Waals surface area contributed by atoms with Crippen molar-refractivity contribution in [1.82, 2.24) is 5.32 Å². The summed E-state index contributed by atoms with van der Waals surface area (Å²) < 4.78 is 5.46. The van der Waals surface area contributed by atoms with E-state index in [1.54, 1.807) is 26.1 Å². The van der Waals surface area contributed by atoms with E-state index in [1.165, 1.54) is 6.07 Å². The number of ether oxygens (including phenoxy) is 1. The third-order valence-electron chi connectivity index (χ3n) is 3.21. The van der Waals surface area contributed by atoms with Gasteiger partial charge in [0.1, 0.15) is 18.2 Å². The van der Waals surface area contributed by atoms with E-state index in [0.29, 0.717) is 24.6 Å². The van der Waals surface area contributed by atoms with Crippen LogP contribution < -0.4 is 15.0 Å². The molecule has 0 spiro atoms. The van der Waals surface area contributed by atoms with Gasteiger partial charge in [-0.15, -0.1) is 0 Å². The summed E-state index contributed by atoms with van der Waals surface area (Å²) in [7, 11) is 1.58. The Morgan fingerprint density at radius 1 is 1.47 bits per heavy atom. The minimum absolute atomic E-state index is 0.117. The van der Waals surface area contributed by atoms with Crippen LogP contribution in [0.15, 0.2) is 18.2 Å². The van der Waals surface area contributed by atoms with Gasteiger partial charge < -0.3 is 20.1 Å². The summed E-state index contributed by atoms with van der Waals surface area (Å²) in [5.74, 6) is -0.822. The Kier molecular flexibility index (Phi) is 3.59. The summed E-state index contributed by atoms with van der Waals surface area (Å²) in [6.45, 7) is 2.69. The van der Waals surface area contributed by atoms with Crippen LogP contribution in [0, 0.1) is 0 Å². The van der Waals surface area contributed by atoms with Crippen molar-refractivity contribution in [2.24, 2.45) is 0 Å². The number of likely N-dealkylation sites (N-methyl/N-ethyl adjacent to an activating group) is 1. The first-order chi connectivity index (χ1) is 9.06. The number of hydrogen-bond acceptors (Lipinski definition) is 4. The van der Waals surface area contributed by atoms with Crippen molar-refractivity contribution in [3.05, 3.63) is 23.8 Å². The highest BCUT2D eigenvalue weighted by Gasteiger charge is 2.29. The molecule has 102 valence electrons. The van der Waals surface area contributed by atoms with Crippen molar-refractivity contribution in [2.45, 2.75) is 13.0 Å². The number of nitrogens with zero attached hydrogens (tertiary/aromatic N) is 1. The predicted molar refractivity (Wildman–Crippen MR) is 69.8 cm³/mol. The lowest BCUT2D eigenvalue weighted by atomic mass is 10.1. The van der Waals surface area contributed by atoms with Gasteiger partial charge in [-0.1, -0.05) is 6.07 Å². The molecule has 0 bridgehead atoms. The maximum absolute atomic E-state index is 11.7. The molecule has 19 heavy (non-hydrogen) atoms.